The Hall–Kier alpha value is -0.303. The number of hydrogen-bond acceptors (Lipinski definition) is 0. The summed E-state index contributed by atoms with van der Waals surface area (Å²) in [5, 5.41) is 1.54. The Morgan fingerprint density at radius 2 is 1.75 bits per heavy atom. The third kappa shape index (κ3) is 1.56. The Bertz CT molecular complexity index is 189. The van der Waals surface area contributed by atoms with Crippen LogP contribution in [0.3, 0.4) is 0 Å². The molecule has 0 nitrogen and oxygen atoms in total. The van der Waals surface area contributed by atoms with E-state index in [1.54, 1.807) is 0 Å². The Balaban J connectivity index is 2.77. The molecule has 0 saturated heterocycles. The molecule has 0 saturated carbocycles. The minimum atomic E-state index is -1.10. The standard InChI is InChI=1S/C11H18Si/c1-4-12(5-2,6-3)11-9-7-8-10-11/h7-9H,4-6H2,1-3H3. The first-order valence-corrected chi connectivity index (χ1v) is 7.55. The summed E-state index contributed by atoms with van der Waals surface area (Å²) >= 11 is 0. The van der Waals surface area contributed by atoms with E-state index < -0.39 is 8.07 Å². The fourth-order valence-corrected chi connectivity index (χ4v) is 5.46. The van der Waals surface area contributed by atoms with Crippen LogP contribution in [0.2, 0.25) is 18.1 Å². The highest BCUT2D eigenvalue weighted by Gasteiger charge is 2.31. The van der Waals surface area contributed by atoms with Gasteiger partial charge in [0, 0.05) is 6.42 Å². The molecule has 0 fully saturated rings. The lowest BCUT2D eigenvalue weighted by Crippen LogP contribution is -2.34. The van der Waals surface area contributed by atoms with E-state index in [-0.39, 0.29) is 0 Å². The molecule has 0 spiro atoms. The van der Waals surface area contributed by atoms with Crippen molar-refractivity contribution < 1.29 is 0 Å². The van der Waals surface area contributed by atoms with E-state index >= 15 is 0 Å². The zero-order valence-electron chi connectivity index (χ0n) is 8.35. The van der Waals surface area contributed by atoms with Crippen molar-refractivity contribution in [2.45, 2.75) is 38.9 Å². The van der Waals surface area contributed by atoms with E-state index in [0.29, 0.717) is 0 Å². The maximum atomic E-state index is 3.39. The predicted molar refractivity (Wildman–Crippen MR) is 57.7 cm³/mol. The predicted octanol–water partition coefficient (Wildman–Crippen LogP) is 3.61. The van der Waals surface area contributed by atoms with Gasteiger partial charge in [0.25, 0.3) is 0 Å². The summed E-state index contributed by atoms with van der Waals surface area (Å²) in [6.07, 6.45) is 9.84. The van der Waals surface area contributed by atoms with E-state index in [1.807, 2.05) is 0 Å². The Morgan fingerprint density at radius 3 is 2.08 bits per heavy atom. The lowest BCUT2D eigenvalue weighted by atomic mass is 10.5. The van der Waals surface area contributed by atoms with Gasteiger partial charge in [-0.05, 0) is 0 Å². The molecule has 0 amide bonds. The van der Waals surface area contributed by atoms with E-state index in [4.69, 9.17) is 0 Å². The van der Waals surface area contributed by atoms with Gasteiger partial charge in [-0.3, -0.25) is 0 Å². The number of allylic oxidation sites excluding steroid dienone is 4. The van der Waals surface area contributed by atoms with Gasteiger partial charge < -0.3 is 0 Å². The van der Waals surface area contributed by atoms with Crippen LogP contribution in [0.1, 0.15) is 20.8 Å². The summed E-state index contributed by atoms with van der Waals surface area (Å²) in [5.41, 5.74) is 0. The van der Waals surface area contributed by atoms with E-state index in [0.717, 1.165) is 0 Å². The molecule has 1 rings (SSSR count). The van der Waals surface area contributed by atoms with Crippen LogP contribution in [-0.4, -0.2) is 8.07 Å². The topological polar surface area (TPSA) is 0 Å². The van der Waals surface area contributed by atoms with Gasteiger partial charge in [-0.2, -0.15) is 0 Å². The molecule has 0 aliphatic heterocycles. The Morgan fingerprint density at radius 1 is 1.17 bits per heavy atom. The second kappa shape index (κ2) is 4.08. The third-order valence-electron chi connectivity index (χ3n) is 3.20. The van der Waals surface area contributed by atoms with Gasteiger partial charge in [0.15, 0.2) is 0 Å². The molecule has 0 atom stereocenters. The van der Waals surface area contributed by atoms with Crippen molar-refractivity contribution in [3.05, 3.63) is 29.8 Å². The van der Waals surface area contributed by atoms with E-state index in [2.05, 4.69) is 45.4 Å². The van der Waals surface area contributed by atoms with Gasteiger partial charge in [0.1, 0.15) is 0 Å². The van der Waals surface area contributed by atoms with E-state index in [1.165, 1.54) is 23.3 Å². The summed E-state index contributed by atoms with van der Waals surface area (Å²) in [7, 11) is -1.10. The van der Waals surface area contributed by atoms with Gasteiger partial charge in [-0.15, -0.1) is 0 Å². The van der Waals surface area contributed by atoms with Crippen molar-refractivity contribution in [2.24, 2.45) is 0 Å². The highest BCUT2D eigenvalue weighted by atomic mass is 28.3. The van der Waals surface area contributed by atoms with Crippen LogP contribution in [0.5, 0.6) is 0 Å². The van der Waals surface area contributed by atoms with Crippen molar-refractivity contribution in [3.63, 3.8) is 0 Å². The van der Waals surface area contributed by atoms with Crippen molar-refractivity contribution in [3.8, 4) is 0 Å². The summed E-state index contributed by atoms with van der Waals surface area (Å²) in [6.45, 7) is 7.00. The van der Waals surface area contributed by atoms with Crippen LogP contribution in [0, 0.1) is 6.42 Å². The van der Waals surface area contributed by atoms with Crippen molar-refractivity contribution in [1.82, 2.24) is 0 Å². The highest BCUT2D eigenvalue weighted by Crippen LogP contribution is 2.32. The summed E-state index contributed by atoms with van der Waals surface area (Å²) < 4.78 is 0. The summed E-state index contributed by atoms with van der Waals surface area (Å²) in [4.78, 5) is 0. The summed E-state index contributed by atoms with van der Waals surface area (Å²) in [6, 6.07) is 4.08. The molecule has 1 heteroatoms. The largest absolute Gasteiger partial charge is 0.0820 e. The molecule has 12 heavy (non-hydrogen) atoms. The smallest absolute Gasteiger partial charge is 0.0722 e. The fraction of sp³-hybridized carbons (Fsp3) is 0.545. The zero-order valence-corrected chi connectivity index (χ0v) is 9.35. The minimum absolute atomic E-state index is 1.10. The van der Waals surface area contributed by atoms with Crippen LogP contribution in [0.15, 0.2) is 23.4 Å². The van der Waals surface area contributed by atoms with Crippen LogP contribution in [0.4, 0.5) is 0 Å². The van der Waals surface area contributed by atoms with Gasteiger partial charge in [0.2, 0.25) is 0 Å². The third-order valence-corrected chi connectivity index (χ3v) is 8.71. The average Bonchev–Trinajstić information content (AvgIpc) is 2.62. The molecule has 0 bridgehead atoms. The second-order valence-corrected chi connectivity index (χ2v) is 8.65. The Kier molecular flexibility index (Phi) is 3.33. The van der Waals surface area contributed by atoms with E-state index in [9.17, 15) is 0 Å². The lowest BCUT2D eigenvalue weighted by Gasteiger charge is -2.29. The average molecular weight is 178 g/mol. The molecule has 2 radical (unpaired) electrons. The normalized spacial score (nSPS) is 16.8. The highest BCUT2D eigenvalue weighted by molar-refractivity contribution is 6.87. The Labute approximate surface area is 77.4 Å². The molecule has 0 unspecified atom stereocenters. The molecule has 1 aliphatic rings. The lowest BCUT2D eigenvalue weighted by molar-refractivity contribution is 1.18. The first-order chi connectivity index (χ1) is 5.79. The quantitative estimate of drug-likeness (QED) is 0.577. The monoisotopic (exact) mass is 178 g/mol. The molecule has 0 N–H and O–H groups in total. The maximum absolute atomic E-state index is 3.39. The van der Waals surface area contributed by atoms with Crippen molar-refractivity contribution >= 4 is 8.07 Å². The minimum Gasteiger partial charge on any atom is -0.0722 e. The van der Waals surface area contributed by atoms with Crippen LogP contribution in [0.25, 0.3) is 0 Å². The maximum Gasteiger partial charge on any atom is 0.0820 e. The SMILES string of the molecule is CC[Si](CC)(CC)C1=CC=C[C]1. The first kappa shape index (κ1) is 9.78. The van der Waals surface area contributed by atoms with Crippen molar-refractivity contribution in [1.29, 1.82) is 0 Å². The molecular weight excluding hydrogens is 160 g/mol. The number of rotatable bonds is 4. The summed E-state index contributed by atoms with van der Waals surface area (Å²) in [5.74, 6) is 0. The van der Waals surface area contributed by atoms with Crippen molar-refractivity contribution in [2.75, 3.05) is 0 Å². The van der Waals surface area contributed by atoms with Gasteiger partial charge in [-0.25, -0.2) is 0 Å². The molecular formula is C11H18Si. The van der Waals surface area contributed by atoms with Crippen LogP contribution in [-0.2, 0) is 0 Å². The second-order valence-electron chi connectivity index (χ2n) is 3.42. The molecule has 66 valence electrons. The molecule has 0 aromatic heterocycles. The van der Waals surface area contributed by atoms with Crippen LogP contribution < -0.4 is 0 Å². The number of hydrogen-bond donors (Lipinski definition) is 0. The molecule has 0 aromatic rings. The molecule has 1 aliphatic carbocycles. The van der Waals surface area contributed by atoms with Gasteiger partial charge >= 0.3 is 0 Å². The fourth-order valence-electron chi connectivity index (χ4n) is 1.98. The van der Waals surface area contributed by atoms with Gasteiger partial charge in [-0.1, -0.05) is 62.3 Å². The molecule has 0 aromatic carbocycles. The molecule has 0 heterocycles. The van der Waals surface area contributed by atoms with Crippen LogP contribution >= 0.6 is 0 Å². The van der Waals surface area contributed by atoms with Gasteiger partial charge in [0.05, 0.1) is 8.07 Å². The first-order valence-electron chi connectivity index (χ1n) is 4.93. The zero-order chi connectivity index (χ0) is 9.03.